The van der Waals surface area contributed by atoms with Gasteiger partial charge in [0.25, 0.3) is 0 Å². The molecule has 4 atom stereocenters. The molecule has 4 N–H and O–H groups in total. The van der Waals surface area contributed by atoms with Crippen molar-refractivity contribution in [2.45, 2.75) is 98.3 Å². The lowest BCUT2D eigenvalue weighted by Crippen LogP contribution is -2.49. The third kappa shape index (κ3) is 15.7. The molecule has 11 nitrogen and oxygen atoms in total. The number of benzene rings is 1. The Morgan fingerprint density at radius 2 is 1.64 bits per heavy atom. The molecule has 0 spiro atoms. The van der Waals surface area contributed by atoms with E-state index in [2.05, 4.69) is 29.8 Å². The van der Waals surface area contributed by atoms with E-state index in [0.717, 1.165) is 12.0 Å². The minimum absolute atomic E-state index is 0.0632. The van der Waals surface area contributed by atoms with Crippen LogP contribution in [-0.2, 0) is 25.5 Å². The minimum atomic E-state index is -1.02. The van der Waals surface area contributed by atoms with Gasteiger partial charge in [-0.2, -0.15) is 0 Å². The Balaban J connectivity index is 3.21. The lowest BCUT2D eigenvalue weighted by atomic mass is 9.80. The summed E-state index contributed by atoms with van der Waals surface area (Å²) in [6.07, 6.45) is 0.530. The Bertz CT molecular complexity index is 1040. The fraction of sp³-hybridized carbons (Fsp3) is 0.735. The van der Waals surface area contributed by atoms with Crippen LogP contribution >= 0.6 is 0 Å². The summed E-state index contributed by atoms with van der Waals surface area (Å²) in [5.41, 5.74) is 0.322. The van der Waals surface area contributed by atoms with E-state index in [4.69, 9.17) is 18.9 Å². The number of hydrogen-bond acceptors (Lipinski definition) is 8. The summed E-state index contributed by atoms with van der Waals surface area (Å²) in [4.78, 5) is 37.6. The molecule has 1 aromatic rings. The monoisotopic (exact) mass is 637 g/mol. The summed E-state index contributed by atoms with van der Waals surface area (Å²) in [5.74, 6) is 0.564. The first-order chi connectivity index (χ1) is 21.1. The van der Waals surface area contributed by atoms with Crippen LogP contribution in [0.2, 0.25) is 0 Å². The predicted molar refractivity (Wildman–Crippen MR) is 175 cm³/mol. The molecular weight excluding hydrogens is 578 g/mol. The normalized spacial score (nSPS) is 14.3. The van der Waals surface area contributed by atoms with Gasteiger partial charge in [0.15, 0.2) is 11.5 Å². The minimum Gasteiger partial charge on any atom is -0.493 e. The smallest absolute Gasteiger partial charge is 0.407 e. The van der Waals surface area contributed by atoms with E-state index in [1.54, 1.807) is 42.0 Å². The van der Waals surface area contributed by atoms with E-state index in [1.807, 2.05) is 32.0 Å². The summed E-state index contributed by atoms with van der Waals surface area (Å²) < 4.78 is 22.2. The SMILES string of the molecule is CNC(=O)CCNC(=O)[C@@H](C[C@H](O)[C@H](C[C@H](Cc1ccc(OC)c(OCCCOC)c1)C(C)C)NC(=O)OC(C)(C)C)C(C)C. The molecular formula is C34H59N3O8. The maximum absolute atomic E-state index is 13.1. The lowest BCUT2D eigenvalue weighted by Gasteiger charge is -2.33. The number of aliphatic hydroxyl groups excluding tert-OH is 1. The van der Waals surface area contributed by atoms with Gasteiger partial charge in [-0.25, -0.2) is 4.79 Å². The molecule has 0 aliphatic rings. The highest BCUT2D eigenvalue weighted by Crippen LogP contribution is 2.32. The van der Waals surface area contributed by atoms with E-state index in [0.29, 0.717) is 37.6 Å². The molecule has 258 valence electrons. The van der Waals surface area contributed by atoms with Gasteiger partial charge in [-0.3, -0.25) is 9.59 Å². The van der Waals surface area contributed by atoms with E-state index >= 15 is 0 Å². The molecule has 1 rings (SSSR count). The highest BCUT2D eigenvalue weighted by Gasteiger charge is 2.33. The number of aliphatic hydroxyl groups is 1. The van der Waals surface area contributed by atoms with Crippen LogP contribution < -0.4 is 25.4 Å². The van der Waals surface area contributed by atoms with Gasteiger partial charge in [0.05, 0.1) is 25.9 Å². The van der Waals surface area contributed by atoms with Crippen LogP contribution in [0.15, 0.2) is 18.2 Å². The Morgan fingerprint density at radius 1 is 0.956 bits per heavy atom. The van der Waals surface area contributed by atoms with Crippen molar-refractivity contribution in [3.63, 3.8) is 0 Å². The average molecular weight is 638 g/mol. The topological polar surface area (TPSA) is 144 Å². The average Bonchev–Trinajstić information content (AvgIpc) is 2.95. The lowest BCUT2D eigenvalue weighted by molar-refractivity contribution is -0.127. The summed E-state index contributed by atoms with van der Waals surface area (Å²) in [5, 5.41) is 19.8. The first kappa shape index (κ1) is 40.0. The van der Waals surface area contributed by atoms with Crippen molar-refractivity contribution in [3.05, 3.63) is 23.8 Å². The number of carbonyl (C=O) groups is 3. The molecule has 45 heavy (non-hydrogen) atoms. The molecule has 0 aliphatic heterocycles. The van der Waals surface area contributed by atoms with Crippen LogP contribution in [-0.4, -0.2) is 81.8 Å². The first-order valence-corrected chi connectivity index (χ1v) is 16.1. The fourth-order valence-corrected chi connectivity index (χ4v) is 5.00. The number of ether oxygens (including phenoxy) is 4. The van der Waals surface area contributed by atoms with Gasteiger partial charge in [-0.15, -0.1) is 0 Å². The third-order valence-electron chi connectivity index (χ3n) is 7.71. The van der Waals surface area contributed by atoms with Crippen molar-refractivity contribution >= 4 is 17.9 Å². The predicted octanol–water partition coefficient (Wildman–Crippen LogP) is 4.48. The zero-order valence-electron chi connectivity index (χ0n) is 29.2. The van der Waals surface area contributed by atoms with E-state index in [1.165, 1.54) is 0 Å². The number of carbonyl (C=O) groups excluding carboxylic acids is 3. The third-order valence-corrected chi connectivity index (χ3v) is 7.71. The summed E-state index contributed by atoms with van der Waals surface area (Å²) in [7, 11) is 4.81. The molecule has 0 unspecified atom stereocenters. The Labute approximate surface area is 270 Å². The second-order valence-electron chi connectivity index (χ2n) is 13.2. The second-order valence-corrected chi connectivity index (χ2v) is 13.2. The molecule has 0 bridgehead atoms. The van der Waals surface area contributed by atoms with Crippen LogP contribution in [0.1, 0.15) is 79.7 Å². The van der Waals surface area contributed by atoms with Crippen LogP contribution in [0.4, 0.5) is 4.79 Å². The van der Waals surface area contributed by atoms with Gasteiger partial charge < -0.3 is 40.0 Å². The van der Waals surface area contributed by atoms with Gasteiger partial charge in [-0.05, 0) is 75.5 Å². The molecule has 3 amide bonds. The molecule has 0 aliphatic carbocycles. The zero-order valence-corrected chi connectivity index (χ0v) is 29.2. The van der Waals surface area contributed by atoms with E-state index in [9.17, 15) is 19.5 Å². The van der Waals surface area contributed by atoms with Crippen molar-refractivity contribution in [1.29, 1.82) is 0 Å². The number of nitrogens with one attached hydrogen (secondary N) is 3. The molecule has 11 heteroatoms. The molecule has 1 aromatic carbocycles. The fourth-order valence-electron chi connectivity index (χ4n) is 5.00. The van der Waals surface area contributed by atoms with Gasteiger partial charge >= 0.3 is 6.09 Å². The second kappa shape index (κ2) is 20.2. The molecule has 0 fully saturated rings. The molecule has 0 heterocycles. The summed E-state index contributed by atoms with van der Waals surface area (Å²) in [6.45, 7) is 14.7. The van der Waals surface area contributed by atoms with E-state index < -0.39 is 29.8 Å². The van der Waals surface area contributed by atoms with Crippen molar-refractivity contribution in [3.8, 4) is 11.5 Å². The van der Waals surface area contributed by atoms with Gasteiger partial charge in [0, 0.05) is 46.1 Å². The highest BCUT2D eigenvalue weighted by molar-refractivity contribution is 5.80. The maximum atomic E-state index is 13.1. The zero-order chi connectivity index (χ0) is 34.2. The number of rotatable bonds is 20. The van der Waals surface area contributed by atoms with Crippen LogP contribution in [0.5, 0.6) is 11.5 Å². The molecule has 0 saturated carbocycles. The van der Waals surface area contributed by atoms with Crippen molar-refractivity contribution < 1.29 is 38.4 Å². The Kier molecular flexibility index (Phi) is 17.9. The first-order valence-electron chi connectivity index (χ1n) is 16.1. The number of methoxy groups -OCH3 is 2. The summed E-state index contributed by atoms with van der Waals surface area (Å²) >= 11 is 0. The largest absolute Gasteiger partial charge is 0.493 e. The molecule has 0 saturated heterocycles. The molecule has 0 radical (unpaired) electrons. The molecule has 0 aromatic heterocycles. The quantitative estimate of drug-likeness (QED) is 0.153. The van der Waals surface area contributed by atoms with Gasteiger partial charge in [0.1, 0.15) is 5.60 Å². The summed E-state index contributed by atoms with van der Waals surface area (Å²) in [6, 6.07) is 5.20. The standard InChI is InChI=1S/C34H59N3O8/c1-22(2)25(18-24-12-13-29(43-10)30(19-24)44-17-11-16-42-9)20-27(37-33(41)45-34(5,6)7)28(38)21-26(23(3)4)32(40)36-15-14-31(39)35-8/h12-13,19,22-23,25-28,38H,11,14-18,20-21H2,1-10H3,(H,35,39)(H,36,40)(H,37,41)/t25-,26-,27-,28-/m0/s1. The van der Waals surface area contributed by atoms with Crippen LogP contribution in [0.25, 0.3) is 0 Å². The highest BCUT2D eigenvalue weighted by atomic mass is 16.6. The number of hydrogen-bond donors (Lipinski definition) is 4. The Morgan fingerprint density at radius 3 is 2.20 bits per heavy atom. The van der Waals surface area contributed by atoms with E-state index in [-0.39, 0.29) is 49.0 Å². The van der Waals surface area contributed by atoms with Gasteiger partial charge in [-0.1, -0.05) is 33.8 Å². The maximum Gasteiger partial charge on any atom is 0.407 e. The Hall–Kier alpha value is -3.05. The number of alkyl carbamates (subject to hydrolysis) is 1. The number of amides is 3. The van der Waals surface area contributed by atoms with Crippen molar-refractivity contribution in [2.75, 3.05) is 41.0 Å². The van der Waals surface area contributed by atoms with Crippen molar-refractivity contribution in [2.24, 2.45) is 23.7 Å². The van der Waals surface area contributed by atoms with Crippen LogP contribution in [0, 0.1) is 23.7 Å². The van der Waals surface area contributed by atoms with Gasteiger partial charge in [0.2, 0.25) is 11.8 Å². The van der Waals surface area contributed by atoms with Crippen LogP contribution in [0.3, 0.4) is 0 Å². The van der Waals surface area contributed by atoms with Crippen molar-refractivity contribution in [1.82, 2.24) is 16.0 Å².